The van der Waals surface area contributed by atoms with E-state index in [2.05, 4.69) is 4.98 Å². The van der Waals surface area contributed by atoms with Gasteiger partial charge in [-0.2, -0.15) is 0 Å². The molecule has 1 N–H and O–H groups in total. The highest BCUT2D eigenvalue weighted by atomic mass is 32.1. The zero-order valence-electron chi connectivity index (χ0n) is 15.9. The number of benzene rings is 2. The molecule has 0 bridgehead atoms. The molecule has 3 aromatic rings. The van der Waals surface area contributed by atoms with Crippen molar-refractivity contribution in [3.8, 4) is 17.2 Å². The monoisotopic (exact) mass is 433 g/mol. The van der Waals surface area contributed by atoms with Crippen LogP contribution in [0, 0.1) is 11.6 Å². The molecule has 0 unspecified atom stereocenters. The van der Waals surface area contributed by atoms with Gasteiger partial charge in [-0.15, -0.1) is 11.3 Å². The molecule has 156 valence electrons. The zero-order chi connectivity index (χ0) is 21.7. The van der Waals surface area contributed by atoms with Crippen LogP contribution < -0.4 is 9.47 Å². The first-order chi connectivity index (χ1) is 14.4. The molecule has 0 aliphatic rings. The number of methoxy groups -OCH3 is 1. The summed E-state index contributed by atoms with van der Waals surface area (Å²) in [4.78, 5) is 27.4. The van der Waals surface area contributed by atoms with E-state index in [0.29, 0.717) is 10.7 Å². The number of carboxylic acids is 1. The molecule has 0 aliphatic heterocycles. The van der Waals surface area contributed by atoms with Gasteiger partial charge in [0, 0.05) is 17.4 Å². The lowest BCUT2D eigenvalue weighted by atomic mass is 10.1. The van der Waals surface area contributed by atoms with Crippen LogP contribution in [0.5, 0.6) is 17.2 Å². The van der Waals surface area contributed by atoms with Crippen LogP contribution in [0.15, 0.2) is 41.8 Å². The molecule has 0 aliphatic carbocycles. The Balaban J connectivity index is 1.78. The van der Waals surface area contributed by atoms with Crippen molar-refractivity contribution in [1.29, 1.82) is 0 Å². The number of nitrogens with zero attached hydrogens (tertiary/aromatic N) is 1. The normalized spacial score (nSPS) is 10.6. The van der Waals surface area contributed by atoms with Gasteiger partial charge in [0.05, 0.1) is 25.6 Å². The fourth-order valence-electron chi connectivity index (χ4n) is 2.75. The molecule has 0 radical (unpaired) electrons. The number of carbonyl (C=O) groups is 2. The molecule has 0 spiro atoms. The van der Waals surface area contributed by atoms with Crippen LogP contribution in [-0.4, -0.2) is 29.0 Å². The van der Waals surface area contributed by atoms with E-state index in [0.717, 1.165) is 12.1 Å². The van der Waals surface area contributed by atoms with Gasteiger partial charge in [0.2, 0.25) is 5.75 Å². The number of rotatable bonds is 9. The van der Waals surface area contributed by atoms with E-state index >= 15 is 0 Å². The number of carbonyl (C=O) groups excluding carboxylic acids is 1. The van der Waals surface area contributed by atoms with E-state index in [4.69, 9.17) is 14.6 Å². The van der Waals surface area contributed by atoms with Crippen LogP contribution in [0.3, 0.4) is 0 Å². The SMILES string of the molecule is COc1cccc(F)c1Oc1ccc(F)cc1CC(=O)Cc1nc(CC(=O)O)cs1. The summed E-state index contributed by atoms with van der Waals surface area (Å²) in [5.41, 5.74) is 0.615. The molecule has 3 rings (SSSR count). The summed E-state index contributed by atoms with van der Waals surface area (Å²) in [6.07, 6.45) is -0.433. The standard InChI is InChI=1S/C21H17F2NO5S/c1-28-18-4-2-3-16(23)21(18)29-17-6-5-13(22)7-12(17)8-15(25)10-19-24-14(11-30-19)9-20(26)27/h2-7,11H,8-10H2,1H3,(H,26,27). The third kappa shape index (κ3) is 5.38. The Morgan fingerprint density at radius 3 is 2.63 bits per heavy atom. The minimum Gasteiger partial charge on any atom is -0.493 e. The smallest absolute Gasteiger partial charge is 0.309 e. The number of para-hydroxylation sites is 1. The first kappa shape index (κ1) is 21.4. The average molecular weight is 433 g/mol. The van der Waals surface area contributed by atoms with Gasteiger partial charge < -0.3 is 14.6 Å². The average Bonchev–Trinajstić information content (AvgIpc) is 3.10. The summed E-state index contributed by atoms with van der Waals surface area (Å²) in [5.74, 6) is -2.40. The number of hydrogen-bond acceptors (Lipinski definition) is 6. The van der Waals surface area contributed by atoms with Crippen LogP contribution in [0.1, 0.15) is 16.3 Å². The van der Waals surface area contributed by atoms with Gasteiger partial charge in [-0.25, -0.2) is 13.8 Å². The third-order valence-electron chi connectivity index (χ3n) is 4.05. The van der Waals surface area contributed by atoms with Crippen LogP contribution in [0.4, 0.5) is 8.78 Å². The van der Waals surface area contributed by atoms with Gasteiger partial charge in [-0.1, -0.05) is 6.07 Å². The van der Waals surface area contributed by atoms with Crippen molar-refractivity contribution in [2.45, 2.75) is 19.3 Å². The van der Waals surface area contributed by atoms with Crippen molar-refractivity contribution in [1.82, 2.24) is 4.98 Å². The molecular formula is C21H17F2NO5S. The molecular weight excluding hydrogens is 416 g/mol. The fraction of sp³-hybridized carbons (Fsp3) is 0.190. The Morgan fingerprint density at radius 1 is 1.10 bits per heavy atom. The van der Waals surface area contributed by atoms with Gasteiger partial charge >= 0.3 is 5.97 Å². The van der Waals surface area contributed by atoms with Crippen LogP contribution in [0.2, 0.25) is 0 Å². The van der Waals surface area contributed by atoms with Crippen molar-refractivity contribution >= 4 is 23.1 Å². The van der Waals surface area contributed by atoms with Crippen LogP contribution >= 0.6 is 11.3 Å². The lowest BCUT2D eigenvalue weighted by molar-refractivity contribution is -0.136. The summed E-state index contributed by atoms with van der Waals surface area (Å²) in [7, 11) is 1.36. The zero-order valence-corrected chi connectivity index (χ0v) is 16.7. The van der Waals surface area contributed by atoms with Gasteiger partial charge in [0.25, 0.3) is 0 Å². The van der Waals surface area contributed by atoms with Crippen LogP contribution in [-0.2, 0) is 28.9 Å². The quantitative estimate of drug-likeness (QED) is 0.544. The van der Waals surface area contributed by atoms with E-state index in [-0.39, 0.29) is 47.9 Å². The third-order valence-corrected chi connectivity index (χ3v) is 4.95. The Hall–Kier alpha value is -3.33. The molecule has 6 nitrogen and oxygen atoms in total. The molecule has 1 heterocycles. The number of ketones is 1. The van der Waals surface area contributed by atoms with Crippen LogP contribution in [0.25, 0.3) is 0 Å². The molecule has 0 amide bonds. The number of halogens is 2. The molecule has 30 heavy (non-hydrogen) atoms. The highest BCUT2D eigenvalue weighted by Crippen LogP contribution is 2.35. The molecule has 9 heteroatoms. The lowest BCUT2D eigenvalue weighted by Gasteiger charge is -2.14. The lowest BCUT2D eigenvalue weighted by Crippen LogP contribution is -2.08. The van der Waals surface area contributed by atoms with Crippen molar-refractivity contribution in [3.63, 3.8) is 0 Å². The van der Waals surface area contributed by atoms with Gasteiger partial charge in [0.15, 0.2) is 11.6 Å². The predicted molar refractivity (Wildman–Crippen MR) is 105 cm³/mol. The topological polar surface area (TPSA) is 85.7 Å². The first-order valence-corrected chi connectivity index (χ1v) is 9.69. The maximum atomic E-state index is 14.2. The Labute approximate surface area is 174 Å². The Bertz CT molecular complexity index is 1080. The van der Waals surface area contributed by atoms with Crippen molar-refractivity contribution in [2.75, 3.05) is 7.11 Å². The second-order valence-corrected chi connectivity index (χ2v) is 7.26. The summed E-state index contributed by atoms with van der Waals surface area (Å²) in [6.45, 7) is 0. The number of carboxylic acid groups (broad SMARTS) is 1. The highest BCUT2D eigenvalue weighted by Gasteiger charge is 2.17. The summed E-state index contributed by atoms with van der Waals surface area (Å²) >= 11 is 1.18. The van der Waals surface area contributed by atoms with Gasteiger partial charge in [-0.3, -0.25) is 9.59 Å². The number of Topliss-reactive ketones (excluding diaryl/α,β-unsaturated/α-hetero) is 1. The van der Waals surface area contributed by atoms with Gasteiger partial charge in [-0.05, 0) is 30.3 Å². The molecule has 0 atom stereocenters. The second-order valence-electron chi connectivity index (χ2n) is 6.32. The number of hydrogen-bond donors (Lipinski definition) is 1. The first-order valence-electron chi connectivity index (χ1n) is 8.81. The Kier molecular flexibility index (Phi) is 6.73. The molecule has 0 fully saturated rings. The molecule has 0 saturated heterocycles. The molecule has 2 aromatic carbocycles. The molecule has 0 saturated carbocycles. The number of ether oxygens (including phenoxy) is 2. The van der Waals surface area contributed by atoms with Crippen molar-refractivity contribution < 1.29 is 33.0 Å². The number of thiazole rings is 1. The summed E-state index contributed by atoms with van der Waals surface area (Å²) in [5, 5.41) is 10.8. The minimum absolute atomic E-state index is 0.0384. The second kappa shape index (κ2) is 9.45. The van der Waals surface area contributed by atoms with E-state index < -0.39 is 17.6 Å². The number of aliphatic carboxylic acids is 1. The van der Waals surface area contributed by atoms with E-state index in [9.17, 15) is 18.4 Å². The summed E-state index contributed by atoms with van der Waals surface area (Å²) in [6, 6.07) is 7.79. The maximum Gasteiger partial charge on any atom is 0.309 e. The summed E-state index contributed by atoms with van der Waals surface area (Å²) < 4.78 is 38.7. The van der Waals surface area contributed by atoms with Crippen molar-refractivity contribution in [2.24, 2.45) is 0 Å². The van der Waals surface area contributed by atoms with Gasteiger partial charge in [0.1, 0.15) is 22.4 Å². The Morgan fingerprint density at radius 2 is 1.90 bits per heavy atom. The largest absolute Gasteiger partial charge is 0.493 e. The molecule has 1 aromatic heterocycles. The number of aromatic nitrogens is 1. The minimum atomic E-state index is -1.01. The van der Waals surface area contributed by atoms with E-state index in [1.54, 1.807) is 5.38 Å². The van der Waals surface area contributed by atoms with E-state index in [1.807, 2.05) is 0 Å². The van der Waals surface area contributed by atoms with Crippen molar-refractivity contribution in [3.05, 3.63) is 69.7 Å². The fourth-order valence-corrected chi connectivity index (χ4v) is 3.58. The van der Waals surface area contributed by atoms with E-state index in [1.165, 1.54) is 42.7 Å². The predicted octanol–water partition coefficient (Wildman–Crippen LogP) is 4.20. The highest BCUT2D eigenvalue weighted by molar-refractivity contribution is 7.09. The maximum absolute atomic E-state index is 14.2.